The Morgan fingerprint density at radius 1 is 1.26 bits per heavy atom. The van der Waals surface area contributed by atoms with Gasteiger partial charge in [-0.3, -0.25) is 4.90 Å². The number of benzene rings is 1. The number of rotatable bonds is 5. The molecule has 5 heteroatoms. The topological polar surface area (TPSA) is 50.8 Å². The van der Waals surface area contributed by atoms with Crippen LogP contribution in [0.15, 0.2) is 30.3 Å². The fraction of sp³-hybridized carbons (Fsp3) is 0.611. The summed E-state index contributed by atoms with van der Waals surface area (Å²) in [7, 11) is 1.71. The lowest BCUT2D eigenvalue weighted by Crippen LogP contribution is -2.42. The summed E-state index contributed by atoms with van der Waals surface area (Å²) in [6.07, 6.45) is -0.350. The highest BCUT2D eigenvalue weighted by Gasteiger charge is 2.35. The third kappa shape index (κ3) is 5.52. The fourth-order valence-corrected chi connectivity index (χ4v) is 2.93. The number of carbonyl (C=O) groups is 1. The van der Waals surface area contributed by atoms with Crippen LogP contribution in [0, 0.1) is 0 Å². The highest BCUT2D eigenvalue weighted by Crippen LogP contribution is 2.27. The predicted octanol–water partition coefficient (Wildman–Crippen LogP) is 2.63. The first kappa shape index (κ1) is 17.8. The Bertz CT molecular complexity index is 499. The first-order chi connectivity index (χ1) is 10.9. The molecule has 0 bridgehead atoms. The van der Waals surface area contributed by atoms with Crippen LogP contribution in [-0.4, -0.2) is 56.0 Å². The second-order valence-corrected chi connectivity index (χ2v) is 7.02. The predicted molar refractivity (Wildman–Crippen MR) is 90.7 cm³/mol. The van der Waals surface area contributed by atoms with Crippen molar-refractivity contribution < 1.29 is 14.3 Å². The SMILES string of the molecule is COCCN1C[C@H](NC(=O)OC(C)(C)C)[C@@H](c2ccccc2)C1. The number of ether oxygens (including phenoxy) is 2. The van der Waals surface area contributed by atoms with E-state index < -0.39 is 5.60 Å². The van der Waals surface area contributed by atoms with Gasteiger partial charge in [-0.1, -0.05) is 30.3 Å². The van der Waals surface area contributed by atoms with Gasteiger partial charge in [-0.25, -0.2) is 4.79 Å². The van der Waals surface area contributed by atoms with Crippen LogP contribution in [0.5, 0.6) is 0 Å². The van der Waals surface area contributed by atoms with Crippen LogP contribution >= 0.6 is 0 Å². The zero-order valence-corrected chi connectivity index (χ0v) is 14.5. The van der Waals surface area contributed by atoms with Gasteiger partial charge in [-0.05, 0) is 26.3 Å². The summed E-state index contributed by atoms with van der Waals surface area (Å²) in [4.78, 5) is 14.5. The molecule has 0 radical (unpaired) electrons. The number of alkyl carbamates (subject to hydrolysis) is 1. The Kier molecular flexibility index (Phi) is 6.02. The molecule has 0 aliphatic carbocycles. The Balaban J connectivity index is 2.05. The van der Waals surface area contributed by atoms with Crippen molar-refractivity contribution in [3.63, 3.8) is 0 Å². The zero-order chi connectivity index (χ0) is 16.9. The Labute approximate surface area is 139 Å². The molecule has 1 amide bonds. The molecule has 0 unspecified atom stereocenters. The van der Waals surface area contributed by atoms with Crippen molar-refractivity contribution in [1.29, 1.82) is 0 Å². The molecular weight excluding hydrogens is 292 g/mol. The van der Waals surface area contributed by atoms with Crippen molar-refractivity contribution in [1.82, 2.24) is 10.2 Å². The second kappa shape index (κ2) is 7.79. The molecule has 5 nitrogen and oxygen atoms in total. The minimum atomic E-state index is -0.485. The lowest BCUT2D eigenvalue weighted by molar-refractivity contribution is 0.0501. The maximum absolute atomic E-state index is 12.1. The van der Waals surface area contributed by atoms with Gasteiger partial charge in [0, 0.05) is 32.7 Å². The summed E-state index contributed by atoms with van der Waals surface area (Å²) in [5.74, 6) is 0.264. The van der Waals surface area contributed by atoms with Crippen molar-refractivity contribution in [2.45, 2.75) is 38.3 Å². The average molecular weight is 320 g/mol. The monoisotopic (exact) mass is 320 g/mol. The van der Waals surface area contributed by atoms with Crippen molar-refractivity contribution in [2.24, 2.45) is 0 Å². The van der Waals surface area contributed by atoms with Crippen LogP contribution in [0.25, 0.3) is 0 Å². The number of nitrogens with one attached hydrogen (secondary N) is 1. The summed E-state index contributed by atoms with van der Waals surface area (Å²) in [5.41, 5.74) is 0.759. The summed E-state index contributed by atoms with van der Waals surface area (Å²) in [6, 6.07) is 10.4. The second-order valence-electron chi connectivity index (χ2n) is 7.02. The number of methoxy groups -OCH3 is 1. The lowest BCUT2D eigenvalue weighted by Gasteiger charge is -2.24. The van der Waals surface area contributed by atoms with Crippen LogP contribution in [0.2, 0.25) is 0 Å². The van der Waals surface area contributed by atoms with Crippen LogP contribution in [0.4, 0.5) is 4.79 Å². The molecule has 2 rings (SSSR count). The number of likely N-dealkylation sites (tertiary alicyclic amines) is 1. The van der Waals surface area contributed by atoms with Gasteiger partial charge in [0.25, 0.3) is 0 Å². The molecule has 2 atom stereocenters. The number of carbonyl (C=O) groups excluding carboxylic acids is 1. The molecule has 1 aromatic rings. The van der Waals surface area contributed by atoms with E-state index in [-0.39, 0.29) is 18.1 Å². The standard InChI is InChI=1S/C18H28N2O3/c1-18(2,3)23-17(21)19-16-13-20(10-11-22-4)12-15(16)14-8-6-5-7-9-14/h5-9,15-16H,10-13H2,1-4H3,(H,19,21)/t15-,16+/m1/s1. The Morgan fingerprint density at radius 2 is 1.96 bits per heavy atom. The first-order valence-corrected chi connectivity index (χ1v) is 8.15. The van der Waals surface area contributed by atoms with Crippen LogP contribution in [-0.2, 0) is 9.47 Å². The molecule has 1 saturated heterocycles. The average Bonchev–Trinajstić information content (AvgIpc) is 2.86. The molecule has 1 aliphatic heterocycles. The molecule has 128 valence electrons. The molecule has 0 aromatic heterocycles. The van der Waals surface area contributed by atoms with Crippen LogP contribution in [0.3, 0.4) is 0 Å². The van der Waals surface area contributed by atoms with Crippen molar-refractivity contribution in [3.8, 4) is 0 Å². The molecule has 0 spiro atoms. The van der Waals surface area contributed by atoms with E-state index in [1.165, 1.54) is 5.56 Å². The van der Waals surface area contributed by atoms with Crippen LogP contribution in [0.1, 0.15) is 32.3 Å². The summed E-state index contributed by atoms with van der Waals surface area (Å²) >= 11 is 0. The van der Waals surface area contributed by atoms with Crippen LogP contribution < -0.4 is 5.32 Å². The van der Waals surface area contributed by atoms with E-state index in [0.717, 1.165) is 19.6 Å². The van der Waals surface area contributed by atoms with Gasteiger partial charge >= 0.3 is 6.09 Å². The van der Waals surface area contributed by atoms with Gasteiger partial charge in [0.15, 0.2) is 0 Å². The smallest absolute Gasteiger partial charge is 0.407 e. The van der Waals surface area contributed by atoms with E-state index >= 15 is 0 Å². The third-order valence-corrected chi connectivity index (χ3v) is 3.94. The molecule has 0 saturated carbocycles. The Hall–Kier alpha value is -1.59. The first-order valence-electron chi connectivity index (χ1n) is 8.15. The summed E-state index contributed by atoms with van der Waals surface area (Å²) in [5, 5.41) is 3.05. The van der Waals surface area contributed by atoms with Gasteiger partial charge in [-0.2, -0.15) is 0 Å². The minimum absolute atomic E-state index is 0.0455. The van der Waals surface area contributed by atoms with Crippen molar-refractivity contribution >= 4 is 6.09 Å². The third-order valence-electron chi connectivity index (χ3n) is 3.94. The minimum Gasteiger partial charge on any atom is -0.444 e. The zero-order valence-electron chi connectivity index (χ0n) is 14.5. The number of amides is 1. The van der Waals surface area contributed by atoms with E-state index in [9.17, 15) is 4.79 Å². The molecule has 1 fully saturated rings. The number of hydrogen-bond donors (Lipinski definition) is 1. The van der Waals surface area contributed by atoms with E-state index in [1.807, 2.05) is 39.0 Å². The van der Waals surface area contributed by atoms with E-state index in [0.29, 0.717) is 6.61 Å². The molecule has 1 heterocycles. The largest absolute Gasteiger partial charge is 0.444 e. The molecule has 1 aromatic carbocycles. The van der Waals surface area contributed by atoms with Gasteiger partial charge in [0.1, 0.15) is 5.60 Å². The van der Waals surface area contributed by atoms with E-state index in [4.69, 9.17) is 9.47 Å². The highest BCUT2D eigenvalue weighted by molar-refractivity contribution is 5.68. The van der Waals surface area contributed by atoms with Gasteiger partial charge in [0.05, 0.1) is 12.6 Å². The maximum atomic E-state index is 12.1. The number of nitrogens with zero attached hydrogens (tertiary/aromatic N) is 1. The van der Waals surface area contributed by atoms with E-state index in [2.05, 4.69) is 22.3 Å². The molecular formula is C18H28N2O3. The lowest BCUT2D eigenvalue weighted by atomic mass is 9.94. The normalized spacial score (nSPS) is 22.1. The van der Waals surface area contributed by atoms with E-state index in [1.54, 1.807) is 7.11 Å². The van der Waals surface area contributed by atoms with Gasteiger partial charge in [0.2, 0.25) is 0 Å². The summed E-state index contributed by atoms with van der Waals surface area (Å²) < 4.78 is 10.6. The highest BCUT2D eigenvalue weighted by atomic mass is 16.6. The molecule has 1 N–H and O–H groups in total. The quantitative estimate of drug-likeness (QED) is 0.906. The van der Waals surface area contributed by atoms with Crippen molar-refractivity contribution in [2.75, 3.05) is 33.4 Å². The molecule has 23 heavy (non-hydrogen) atoms. The van der Waals surface area contributed by atoms with Gasteiger partial charge < -0.3 is 14.8 Å². The Morgan fingerprint density at radius 3 is 2.57 bits per heavy atom. The number of hydrogen-bond acceptors (Lipinski definition) is 4. The van der Waals surface area contributed by atoms with Crippen molar-refractivity contribution in [3.05, 3.63) is 35.9 Å². The fourth-order valence-electron chi connectivity index (χ4n) is 2.93. The maximum Gasteiger partial charge on any atom is 0.407 e. The molecule has 1 aliphatic rings. The van der Waals surface area contributed by atoms with Gasteiger partial charge in [-0.15, -0.1) is 0 Å². The summed E-state index contributed by atoms with van der Waals surface area (Å²) in [6.45, 7) is 8.91.